The Morgan fingerprint density at radius 3 is 3.00 bits per heavy atom. The fourth-order valence-electron chi connectivity index (χ4n) is 1.16. The second kappa shape index (κ2) is 4.14. The molecule has 2 N–H and O–H groups in total. The van der Waals surface area contributed by atoms with E-state index >= 15 is 0 Å². The average Bonchev–Trinajstić information content (AvgIpc) is 2.03. The Morgan fingerprint density at radius 2 is 2.46 bits per heavy atom. The molecule has 1 unspecified atom stereocenters. The summed E-state index contributed by atoms with van der Waals surface area (Å²) in [5.41, 5.74) is 7.15. The van der Waals surface area contributed by atoms with Crippen molar-refractivity contribution in [1.29, 1.82) is 0 Å². The molecule has 0 fully saturated rings. The lowest BCUT2D eigenvalue weighted by molar-refractivity contribution is 0.543. The van der Waals surface area contributed by atoms with Gasteiger partial charge in [0.1, 0.15) is 0 Å². The maximum Gasteiger partial charge on any atom is 0.217 e. The summed E-state index contributed by atoms with van der Waals surface area (Å²) in [4.78, 5) is 3.53. The molecule has 0 aliphatic rings. The van der Waals surface area contributed by atoms with Gasteiger partial charge in [0.15, 0.2) is 0 Å². The van der Waals surface area contributed by atoms with Crippen molar-refractivity contribution in [3.63, 3.8) is 0 Å². The van der Waals surface area contributed by atoms with Crippen LogP contribution in [-0.2, 0) is 0 Å². The Morgan fingerprint density at radius 1 is 1.77 bits per heavy atom. The Hall–Kier alpha value is -1.22. The lowest BCUT2D eigenvalue weighted by Gasteiger charge is -2.11. The van der Waals surface area contributed by atoms with Crippen LogP contribution in [0.4, 0.5) is 4.39 Å². The summed E-state index contributed by atoms with van der Waals surface area (Å²) in [5.74, 6) is -0.490. The quantitative estimate of drug-likeness (QED) is 0.572. The van der Waals surface area contributed by atoms with Gasteiger partial charge in [0.25, 0.3) is 0 Å². The number of rotatable bonds is 3. The number of halogens is 1. The molecular weight excluding hydrogens is 167 g/mol. The summed E-state index contributed by atoms with van der Waals surface area (Å²) in [6.45, 7) is 5.60. The van der Waals surface area contributed by atoms with E-state index in [4.69, 9.17) is 5.73 Å². The summed E-state index contributed by atoms with van der Waals surface area (Å²) in [6.07, 6.45) is 1.99. The monoisotopic (exact) mass is 180 g/mol. The summed E-state index contributed by atoms with van der Waals surface area (Å²) in [7, 11) is 0. The molecule has 0 aliphatic carbocycles. The maximum atomic E-state index is 13.1. The molecule has 1 heterocycles. The third kappa shape index (κ3) is 2.63. The van der Waals surface area contributed by atoms with E-state index in [1.807, 2.05) is 6.92 Å². The van der Waals surface area contributed by atoms with Crippen LogP contribution in [0.3, 0.4) is 0 Å². The molecule has 1 aromatic rings. The molecule has 0 spiro atoms. The highest BCUT2D eigenvalue weighted by Gasteiger charge is 2.11. The number of nitrogens with two attached hydrogens (primary N) is 1. The van der Waals surface area contributed by atoms with Crippen molar-refractivity contribution < 1.29 is 4.39 Å². The molecule has 2 nitrogen and oxygen atoms in total. The standard InChI is InChI=1S/C10H13FN2/c1-7(2)6-9(12)8-4-3-5-13-10(8)11/h3-5,9H,1,6,12H2,2H3. The first kappa shape index (κ1) is 9.86. The van der Waals surface area contributed by atoms with E-state index in [1.165, 1.54) is 6.20 Å². The zero-order valence-corrected chi connectivity index (χ0v) is 7.63. The Balaban J connectivity index is 2.82. The maximum absolute atomic E-state index is 13.1. The second-order valence-corrected chi connectivity index (χ2v) is 3.15. The van der Waals surface area contributed by atoms with Crippen LogP contribution in [0.2, 0.25) is 0 Å². The first-order valence-electron chi connectivity index (χ1n) is 4.11. The van der Waals surface area contributed by atoms with E-state index in [1.54, 1.807) is 12.1 Å². The topological polar surface area (TPSA) is 38.9 Å². The lowest BCUT2D eigenvalue weighted by atomic mass is 10.0. The predicted molar refractivity (Wildman–Crippen MR) is 50.6 cm³/mol. The van der Waals surface area contributed by atoms with Gasteiger partial charge in [-0.1, -0.05) is 11.6 Å². The molecule has 0 radical (unpaired) electrons. The minimum atomic E-state index is -0.490. The molecular formula is C10H13FN2. The average molecular weight is 180 g/mol. The van der Waals surface area contributed by atoms with E-state index < -0.39 is 5.95 Å². The van der Waals surface area contributed by atoms with E-state index in [-0.39, 0.29) is 6.04 Å². The Labute approximate surface area is 77.3 Å². The van der Waals surface area contributed by atoms with E-state index in [0.29, 0.717) is 12.0 Å². The van der Waals surface area contributed by atoms with E-state index in [0.717, 1.165) is 5.57 Å². The molecule has 1 rings (SSSR count). The molecule has 0 aromatic carbocycles. The molecule has 0 saturated heterocycles. The van der Waals surface area contributed by atoms with Gasteiger partial charge in [-0.3, -0.25) is 0 Å². The SMILES string of the molecule is C=C(C)CC(N)c1cccnc1F. The predicted octanol–water partition coefficient (Wildman–Crippen LogP) is 2.19. The van der Waals surface area contributed by atoms with Crippen LogP contribution in [0.5, 0.6) is 0 Å². The van der Waals surface area contributed by atoms with Gasteiger partial charge in [-0.15, -0.1) is 6.58 Å². The van der Waals surface area contributed by atoms with Crippen molar-refractivity contribution in [3.8, 4) is 0 Å². The first-order valence-corrected chi connectivity index (χ1v) is 4.11. The van der Waals surface area contributed by atoms with Crippen LogP contribution in [0, 0.1) is 5.95 Å². The summed E-state index contributed by atoms with van der Waals surface area (Å²) in [6, 6.07) is 2.98. The number of hydrogen-bond acceptors (Lipinski definition) is 2. The van der Waals surface area contributed by atoms with Gasteiger partial charge in [0, 0.05) is 17.8 Å². The van der Waals surface area contributed by atoms with Crippen molar-refractivity contribution >= 4 is 0 Å². The van der Waals surface area contributed by atoms with Gasteiger partial charge in [-0.25, -0.2) is 4.98 Å². The van der Waals surface area contributed by atoms with Crippen LogP contribution in [0.15, 0.2) is 30.5 Å². The van der Waals surface area contributed by atoms with Crippen molar-refractivity contribution in [2.75, 3.05) is 0 Å². The van der Waals surface area contributed by atoms with Crippen LogP contribution in [-0.4, -0.2) is 4.98 Å². The molecule has 70 valence electrons. The lowest BCUT2D eigenvalue weighted by Crippen LogP contribution is -2.12. The fourth-order valence-corrected chi connectivity index (χ4v) is 1.16. The molecule has 0 saturated carbocycles. The van der Waals surface area contributed by atoms with Gasteiger partial charge in [-0.05, 0) is 19.4 Å². The van der Waals surface area contributed by atoms with Crippen LogP contribution in [0.1, 0.15) is 24.9 Å². The van der Waals surface area contributed by atoms with Crippen molar-refractivity contribution in [2.24, 2.45) is 5.73 Å². The van der Waals surface area contributed by atoms with Crippen LogP contribution < -0.4 is 5.73 Å². The third-order valence-electron chi connectivity index (χ3n) is 1.76. The molecule has 0 aliphatic heterocycles. The molecule has 1 aromatic heterocycles. The van der Waals surface area contributed by atoms with Gasteiger partial charge in [-0.2, -0.15) is 4.39 Å². The number of nitrogens with zero attached hydrogens (tertiary/aromatic N) is 1. The normalized spacial score (nSPS) is 12.5. The largest absolute Gasteiger partial charge is 0.324 e. The molecule has 3 heteroatoms. The van der Waals surface area contributed by atoms with Crippen LogP contribution >= 0.6 is 0 Å². The molecule has 13 heavy (non-hydrogen) atoms. The first-order chi connectivity index (χ1) is 6.11. The van der Waals surface area contributed by atoms with Crippen molar-refractivity contribution in [3.05, 3.63) is 42.0 Å². The molecule has 0 bridgehead atoms. The van der Waals surface area contributed by atoms with Gasteiger partial charge < -0.3 is 5.73 Å². The third-order valence-corrected chi connectivity index (χ3v) is 1.76. The zero-order chi connectivity index (χ0) is 9.84. The molecule has 0 amide bonds. The summed E-state index contributed by atoms with van der Waals surface area (Å²) in [5, 5.41) is 0. The van der Waals surface area contributed by atoms with Crippen LogP contribution in [0.25, 0.3) is 0 Å². The van der Waals surface area contributed by atoms with Crippen molar-refractivity contribution in [2.45, 2.75) is 19.4 Å². The van der Waals surface area contributed by atoms with Gasteiger partial charge >= 0.3 is 0 Å². The Kier molecular flexibility index (Phi) is 3.14. The highest BCUT2D eigenvalue weighted by molar-refractivity contribution is 5.17. The highest BCUT2D eigenvalue weighted by Crippen LogP contribution is 2.18. The molecule has 1 atom stereocenters. The number of hydrogen-bond donors (Lipinski definition) is 1. The minimum Gasteiger partial charge on any atom is -0.324 e. The van der Waals surface area contributed by atoms with E-state index in [9.17, 15) is 4.39 Å². The minimum absolute atomic E-state index is 0.341. The smallest absolute Gasteiger partial charge is 0.217 e. The number of pyridine rings is 1. The number of aromatic nitrogens is 1. The zero-order valence-electron chi connectivity index (χ0n) is 7.63. The van der Waals surface area contributed by atoms with E-state index in [2.05, 4.69) is 11.6 Å². The summed E-state index contributed by atoms with van der Waals surface area (Å²) < 4.78 is 13.1. The highest BCUT2D eigenvalue weighted by atomic mass is 19.1. The fraction of sp³-hybridized carbons (Fsp3) is 0.300. The van der Waals surface area contributed by atoms with Crippen molar-refractivity contribution in [1.82, 2.24) is 4.98 Å². The Bertz CT molecular complexity index is 310. The second-order valence-electron chi connectivity index (χ2n) is 3.15. The van der Waals surface area contributed by atoms with Gasteiger partial charge in [0.2, 0.25) is 5.95 Å². The summed E-state index contributed by atoms with van der Waals surface area (Å²) >= 11 is 0. The van der Waals surface area contributed by atoms with Gasteiger partial charge in [0.05, 0.1) is 0 Å².